The van der Waals surface area contributed by atoms with E-state index < -0.39 is 6.10 Å². The topological polar surface area (TPSA) is 104 Å². The number of amides is 1. The molecule has 0 saturated heterocycles. The Balaban J connectivity index is 2.08. The first-order valence-electron chi connectivity index (χ1n) is 5.97. The maximum Gasteiger partial charge on any atom is 0.251 e. The first-order chi connectivity index (χ1) is 9.20. The lowest BCUT2D eigenvalue weighted by Gasteiger charge is -2.09. The van der Waals surface area contributed by atoms with Crippen LogP contribution in [0.2, 0.25) is 0 Å². The molecular formula is C13H16N4O2. The second-order valence-electron chi connectivity index (χ2n) is 4.15. The molecule has 19 heavy (non-hydrogen) atoms. The number of aliphatic hydroxyl groups excluding tert-OH is 1. The number of nitrogens with one attached hydrogen (secondary N) is 2. The zero-order valence-corrected chi connectivity index (χ0v) is 10.3. The molecule has 100 valence electrons. The van der Waals surface area contributed by atoms with Gasteiger partial charge in [-0.2, -0.15) is 5.10 Å². The summed E-state index contributed by atoms with van der Waals surface area (Å²) in [6.45, 7) is 0.262. The summed E-state index contributed by atoms with van der Waals surface area (Å²) < 4.78 is 0. The van der Waals surface area contributed by atoms with Gasteiger partial charge in [-0.3, -0.25) is 9.89 Å². The number of rotatable bonds is 5. The fraction of sp³-hybridized carbons (Fsp3) is 0.231. The number of aromatic nitrogens is 2. The van der Waals surface area contributed by atoms with E-state index in [0.717, 1.165) is 11.3 Å². The second-order valence-corrected chi connectivity index (χ2v) is 4.15. The second kappa shape index (κ2) is 6.12. The minimum atomic E-state index is -0.722. The Morgan fingerprint density at radius 3 is 3.00 bits per heavy atom. The quantitative estimate of drug-likeness (QED) is 0.613. The van der Waals surface area contributed by atoms with Crippen LogP contribution < -0.4 is 11.1 Å². The van der Waals surface area contributed by atoms with Gasteiger partial charge < -0.3 is 16.2 Å². The SMILES string of the molecule is NC[C@H](O)CNC(=O)c1cccc(-c2ccn[nH]2)c1. The number of benzene rings is 1. The summed E-state index contributed by atoms with van der Waals surface area (Å²) in [4.78, 5) is 11.9. The molecule has 0 aliphatic rings. The summed E-state index contributed by atoms with van der Waals surface area (Å²) >= 11 is 0. The fourth-order valence-corrected chi connectivity index (χ4v) is 1.64. The van der Waals surface area contributed by atoms with Crippen LogP contribution in [-0.2, 0) is 0 Å². The van der Waals surface area contributed by atoms with Gasteiger partial charge in [0, 0.05) is 30.4 Å². The molecule has 0 aliphatic heterocycles. The van der Waals surface area contributed by atoms with Gasteiger partial charge in [-0.05, 0) is 18.2 Å². The van der Waals surface area contributed by atoms with Crippen LogP contribution in [-0.4, -0.2) is 40.4 Å². The lowest BCUT2D eigenvalue weighted by atomic mass is 10.1. The Kier molecular flexibility index (Phi) is 4.27. The van der Waals surface area contributed by atoms with E-state index in [1.54, 1.807) is 24.4 Å². The van der Waals surface area contributed by atoms with E-state index in [9.17, 15) is 9.90 Å². The smallest absolute Gasteiger partial charge is 0.251 e. The first kappa shape index (κ1) is 13.3. The monoisotopic (exact) mass is 260 g/mol. The summed E-state index contributed by atoms with van der Waals surface area (Å²) in [6, 6.07) is 8.99. The van der Waals surface area contributed by atoms with Gasteiger partial charge in [-0.1, -0.05) is 12.1 Å². The molecule has 0 saturated carbocycles. The average Bonchev–Trinajstić information content (AvgIpc) is 2.98. The van der Waals surface area contributed by atoms with Crippen LogP contribution >= 0.6 is 0 Å². The van der Waals surface area contributed by atoms with E-state index in [2.05, 4.69) is 15.5 Å². The van der Waals surface area contributed by atoms with Crippen LogP contribution in [0.3, 0.4) is 0 Å². The van der Waals surface area contributed by atoms with Crippen molar-refractivity contribution in [3.05, 3.63) is 42.1 Å². The third kappa shape index (κ3) is 3.40. The summed E-state index contributed by atoms with van der Waals surface area (Å²) in [5, 5.41) is 18.6. The molecule has 0 unspecified atom stereocenters. The molecule has 1 amide bonds. The maximum atomic E-state index is 11.9. The number of hydrogen-bond donors (Lipinski definition) is 4. The molecule has 0 bridgehead atoms. The van der Waals surface area contributed by atoms with Gasteiger partial charge in [0.05, 0.1) is 11.8 Å². The van der Waals surface area contributed by atoms with Gasteiger partial charge in [-0.25, -0.2) is 0 Å². The average molecular weight is 260 g/mol. The van der Waals surface area contributed by atoms with Crippen molar-refractivity contribution in [1.29, 1.82) is 0 Å². The standard InChI is InChI=1S/C13H16N4O2/c14-7-11(18)8-15-13(19)10-3-1-2-9(6-10)12-4-5-16-17-12/h1-6,11,18H,7-8,14H2,(H,15,19)(H,16,17)/t11-/m0/s1. The largest absolute Gasteiger partial charge is 0.390 e. The highest BCUT2D eigenvalue weighted by Crippen LogP contribution is 2.17. The van der Waals surface area contributed by atoms with Gasteiger partial charge in [0.1, 0.15) is 0 Å². The summed E-state index contributed by atoms with van der Waals surface area (Å²) in [7, 11) is 0. The van der Waals surface area contributed by atoms with Crippen LogP contribution in [0, 0.1) is 0 Å². The van der Waals surface area contributed by atoms with Gasteiger partial charge in [0.2, 0.25) is 0 Å². The summed E-state index contributed by atoms with van der Waals surface area (Å²) in [5.74, 6) is -0.242. The van der Waals surface area contributed by atoms with Gasteiger partial charge in [-0.15, -0.1) is 0 Å². The molecule has 0 spiro atoms. The Labute approximate surface area is 110 Å². The van der Waals surface area contributed by atoms with E-state index in [0.29, 0.717) is 5.56 Å². The molecule has 6 heteroatoms. The van der Waals surface area contributed by atoms with E-state index in [4.69, 9.17) is 5.73 Å². The number of aliphatic hydroxyl groups is 1. The van der Waals surface area contributed by atoms with Gasteiger partial charge in [0.25, 0.3) is 5.91 Å². The van der Waals surface area contributed by atoms with Crippen molar-refractivity contribution >= 4 is 5.91 Å². The molecule has 1 atom stereocenters. The Morgan fingerprint density at radius 1 is 1.47 bits per heavy atom. The minimum Gasteiger partial charge on any atom is -0.390 e. The Morgan fingerprint density at radius 2 is 2.32 bits per heavy atom. The molecule has 5 N–H and O–H groups in total. The van der Waals surface area contributed by atoms with Crippen LogP contribution in [0.5, 0.6) is 0 Å². The third-order valence-corrected chi connectivity index (χ3v) is 2.71. The molecular weight excluding hydrogens is 244 g/mol. The molecule has 1 heterocycles. The van der Waals surface area contributed by atoms with Crippen molar-refractivity contribution in [2.45, 2.75) is 6.10 Å². The zero-order valence-electron chi connectivity index (χ0n) is 10.3. The highest BCUT2D eigenvalue weighted by atomic mass is 16.3. The highest BCUT2D eigenvalue weighted by molar-refractivity contribution is 5.95. The van der Waals surface area contributed by atoms with Gasteiger partial charge >= 0.3 is 0 Å². The number of carbonyl (C=O) groups excluding carboxylic acids is 1. The predicted molar refractivity (Wildman–Crippen MR) is 71.4 cm³/mol. The molecule has 6 nitrogen and oxygen atoms in total. The summed E-state index contributed by atoms with van der Waals surface area (Å²) in [5.41, 5.74) is 7.52. The number of nitrogens with two attached hydrogens (primary N) is 1. The molecule has 0 fully saturated rings. The Hall–Kier alpha value is -2.18. The van der Waals surface area contributed by atoms with Crippen LogP contribution in [0.25, 0.3) is 11.3 Å². The zero-order chi connectivity index (χ0) is 13.7. The maximum absolute atomic E-state index is 11.9. The van der Waals surface area contributed by atoms with Crippen molar-refractivity contribution in [2.24, 2.45) is 5.73 Å². The predicted octanol–water partition coefficient (Wildman–Crippen LogP) is 0.126. The number of carbonyl (C=O) groups is 1. The number of aromatic amines is 1. The lowest BCUT2D eigenvalue weighted by molar-refractivity contribution is 0.0920. The van der Waals surface area contributed by atoms with Crippen LogP contribution in [0.4, 0.5) is 0 Å². The van der Waals surface area contributed by atoms with Crippen molar-refractivity contribution in [2.75, 3.05) is 13.1 Å². The summed E-state index contributed by atoms with van der Waals surface area (Å²) in [6.07, 6.45) is 0.930. The number of nitrogens with zero attached hydrogens (tertiary/aromatic N) is 1. The van der Waals surface area contributed by atoms with Crippen LogP contribution in [0.15, 0.2) is 36.5 Å². The highest BCUT2D eigenvalue weighted by Gasteiger charge is 2.09. The van der Waals surface area contributed by atoms with Gasteiger partial charge in [0.15, 0.2) is 0 Å². The van der Waals surface area contributed by atoms with Crippen molar-refractivity contribution in [3.63, 3.8) is 0 Å². The number of H-pyrrole nitrogens is 1. The van der Waals surface area contributed by atoms with E-state index in [1.807, 2.05) is 12.1 Å². The van der Waals surface area contributed by atoms with Crippen molar-refractivity contribution < 1.29 is 9.90 Å². The molecule has 0 aliphatic carbocycles. The Bertz CT molecular complexity index is 539. The minimum absolute atomic E-state index is 0.120. The third-order valence-electron chi connectivity index (χ3n) is 2.71. The first-order valence-corrected chi connectivity index (χ1v) is 5.97. The normalized spacial score (nSPS) is 12.1. The number of hydrogen-bond acceptors (Lipinski definition) is 4. The van der Waals surface area contributed by atoms with E-state index >= 15 is 0 Å². The fourth-order valence-electron chi connectivity index (χ4n) is 1.64. The van der Waals surface area contributed by atoms with E-state index in [1.165, 1.54) is 0 Å². The molecule has 1 aromatic heterocycles. The lowest BCUT2D eigenvalue weighted by Crippen LogP contribution is -2.36. The molecule has 1 aromatic carbocycles. The van der Waals surface area contributed by atoms with Crippen LogP contribution in [0.1, 0.15) is 10.4 Å². The van der Waals surface area contributed by atoms with E-state index in [-0.39, 0.29) is 19.0 Å². The molecule has 2 aromatic rings. The molecule has 2 rings (SSSR count). The van der Waals surface area contributed by atoms with Crippen molar-refractivity contribution in [1.82, 2.24) is 15.5 Å². The van der Waals surface area contributed by atoms with Crippen molar-refractivity contribution in [3.8, 4) is 11.3 Å². The molecule has 0 radical (unpaired) electrons.